The van der Waals surface area contributed by atoms with Gasteiger partial charge in [-0.25, -0.2) is 0 Å². The second-order valence-corrected chi connectivity index (χ2v) is 5.51. The minimum atomic E-state index is -0.870. The number of benzene rings is 1. The van der Waals surface area contributed by atoms with Crippen molar-refractivity contribution in [2.75, 3.05) is 0 Å². The maximum Gasteiger partial charge on any atom is 0.323 e. The molecule has 1 atom stereocenters. The maximum atomic E-state index is 11.4. The van der Waals surface area contributed by atoms with Crippen LogP contribution in [0.5, 0.6) is 0 Å². The number of carbonyl (C=O) groups is 2. The molecule has 0 fully saturated rings. The number of para-hydroxylation sites is 1. The molecule has 1 aromatic carbocycles. The molecule has 1 aliphatic rings. The fraction of sp³-hybridized carbons (Fsp3) is 0.375. The summed E-state index contributed by atoms with van der Waals surface area (Å²) in [6.45, 7) is 1.42. The minimum absolute atomic E-state index is 0.0774. The predicted octanol–water partition coefficient (Wildman–Crippen LogP) is 2.24. The van der Waals surface area contributed by atoms with Crippen LogP contribution in [0.1, 0.15) is 37.1 Å². The molecule has 0 saturated carbocycles. The van der Waals surface area contributed by atoms with E-state index in [9.17, 15) is 14.7 Å². The number of rotatable bonds is 3. The van der Waals surface area contributed by atoms with E-state index in [1.54, 1.807) is 0 Å². The molecule has 1 unspecified atom stereocenters. The van der Waals surface area contributed by atoms with Gasteiger partial charge in [-0.3, -0.25) is 9.59 Å². The Balaban J connectivity index is 2.21. The summed E-state index contributed by atoms with van der Waals surface area (Å²) in [4.78, 5) is 22.7. The summed E-state index contributed by atoms with van der Waals surface area (Å²) in [5, 5.41) is 13.3. The Hall–Kier alpha value is -2.30. The van der Waals surface area contributed by atoms with Crippen molar-refractivity contribution in [2.24, 2.45) is 0 Å². The molecule has 0 bridgehead atoms. The molecule has 1 aromatic heterocycles. The van der Waals surface area contributed by atoms with Crippen molar-refractivity contribution in [3.8, 4) is 0 Å². The number of carboxylic acid groups (broad SMARTS) is 1. The molecular formula is C16H18N2O3. The van der Waals surface area contributed by atoms with Crippen molar-refractivity contribution in [1.82, 2.24) is 9.88 Å². The van der Waals surface area contributed by atoms with Gasteiger partial charge in [-0.1, -0.05) is 18.2 Å². The smallest absolute Gasteiger partial charge is 0.323 e. The fourth-order valence-electron chi connectivity index (χ4n) is 3.37. The first-order valence-electron chi connectivity index (χ1n) is 7.17. The first kappa shape index (κ1) is 13.7. The highest BCUT2D eigenvalue weighted by atomic mass is 16.4. The molecule has 1 amide bonds. The highest BCUT2D eigenvalue weighted by Crippen LogP contribution is 2.37. The lowest BCUT2D eigenvalue weighted by Crippen LogP contribution is -2.31. The summed E-state index contributed by atoms with van der Waals surface area (Å²) < 4.78 is 1.84. The molecule has 0 saturated heterocycles. The van der Waals surface area contributed by atoms with E-state index in [1.165, 1.54) is 12.5 Å². The summed E-state index contributed by atoms with van der Waals surface area (Å²) in [6.07, 6.45) is 2.78. The number of aromatic nitrogens is 1. The van der Waals surface area contributed by atoms with Crippen LogP contribution in [0.2, 0.25) is 0 Å². The molecule has 21 heavy (non-hydrogen) atoms. The van der Waals surface area contributed by atoms with Gasteiger partial charge in [0.15, 0.2) is 0 Å². The summed E-state index contributed by atoms with van der Waals surface area (Å²) in [5.41, 5.74) is 3.07. The van der Waals surface area contributed by atoms with Crippen LogP contribution >= 0.6 is 0 Å². The third-order valence-corrected chi connectivity index (χ3v) is 4.04. The van der Waals surface area contributed by atoms with E-state index in [1.807, 2.05) is 28.8 Å². The quantitative estimate of drug-likeness (QED) is 0.909. The van der Waals surface area contributed by atoms with Gasteiger partial charge in [0.2, 0.25) is 5.91 Å². The van der Waals surface area contributed by atoms with E-state index in [0.717, 1.165) is 35.9 Å². The lowest BCUT2D eigenvalue weighted by molar-refractivity contribution is -0.137. The molecule has 0 spiro atoms. The van der Waals surface area contributed by atoms with Gasteiger partial charge < -0.3 is 15.0 Å². The van der Waals surface area contributed by atoms with Crippen molar-refractivity contribution >= 4 is 22.8 Å². The second-order valence-electron chi connectivity index (χ2n) is 5.51. The molecule has 0 aliphatic heterocycles. The second kappa shape index (κ2) is 5.24. The van der Waals surface area contributed by atoms with Gasteiger partial charge in [0.25, 0.3) is 0 Å². The minimum Gasteiger partial charge on any atom is -0.480 e. The number of hydrogen-bond acceptors (Lipinski definition) is 2. The third kappa shape index (κ3) is 2.39. The van der Waals surface area contributed by atoms with Crippen LogP contribution in [0.3, 0.4) is 0 Å². The van der Waals surface area contributed by atoms with Crippen LogP contribution in [0.15, 0.2) is 24.3 Å². The van der Waals surface area contributed by atoms with Gasteiger partial charge in [-0.2, -0.15) is 0 Å². The molecule has 5 heteroatoms. The Morgan fingerprint density at radius 2 is 2.14 bits per heavy atom. The zero-order chi connectivity index (χ0) is 15.0. The van der Waals surface area contributed by atoms with Crippen LogP contribution in [-0.2, 0) is 22.6 Å². The average Bonchev–Trinajstić information content (AvgIpc) is 2.74. The highest BCUT2D eigenvalue weighted by molar-refractivity contribution is 5.87. The number of carbonyl (C=O) groups excluding carboxylic acids is 1. The molecule has 5 nitrogen and oxygen atoms in total. The topological polar surface area (TPSA) is 71.3 Å². The molecule has 3 rings (SSSR count). The van der Waals surface area contributed by atoms with Crippen LogP contribution in [-0.4, -0.2) is 21.6 Å². The summed E-state index contributed by atoms with van der Waals surface area (Å²) in [5.74, 6) is -0.953. The van der Waals surface area contributed by atoms with Crippen LogP contribution in [0, 0.1) is 0 Å². The SMILES string of the molecule is CC(=O)NC1CCCc2c1n(CC(=O)O)c1ccccc21. The number of nitrogens with zero attached hydrogens (tertiary/aromatic N) is 1. The summed E-state index contributed by atoms with van der Waals surface area (Å²) in [6, 6.07) is 7.76. The lowest BCUT2D eigenvalue weighted by atomic mass is 9.91. The fourth-order valence-corrected chi connectivity index (χ4v) is 3.37. The summed E-state index contributed by atoms with van der Waals surface area (Å²) >= 11 is 0. The zero-order valence-electron chi connectivity index (χ0n) is 11.9. The standard InChI is InChI=1S/C16H18N2O3/c1-10(19)17-13-7-4-6-12-11-5-2-3-8-14(11)18(16(12)13)9-15(20)21/h2-3,5,8,13H,4,6-7,9H2,1H3,(H,17,19)(H,20,21). The van der Waals surface area contributed by atoms with Crippen LogP contribution in [0.4, 0.5) is 0 Å². The number of nitrogens with one attached hydrogen (secondary N) is 1. The number of carboxylic acids is 1. The Kier molecular flexibility index (Phi) is 3.41. The van der Waals surface area contributed by atoms with Gasteiger partial charge in [-0.05, 0) is 30.9 Å². The van der Waals surface area contributed by atoms with E-state index in [0.29, 0.717) is 0 Å². The van der Waals surface area contributed by atoms with E-state index in [4.69, 9.17) is 0 Å². The Labute approximate surface area is 122 Å². The van der Waals surface area contributed by atoms with E-state index < -0.39 is 5.97 Å². The number of hydrogen-bond donors (Lipinski definition) is 2. The van der Waals surface area contributed by atoms with Gasteiger partial charge >= 0.3 is 5.97 Å². The van der Waals surface area contributed by atoms with E-state index in [2.05, 4.69) is 5.32 Å². The number of aliphatic carboxylic acids is 1. The lowest BCUT2D eigenvalue weighted by Gasteiger charge is -2.25. The van der Waals surface area contributed by atoms with Gasteiger partial charge in [0.1, 0.15) is 6.54 Å². The molecule has 0 radical (unpaired) electrons. The number of aryl methyl sites for hydroxylation is 1. The monoisotopic (exact) mass is 286 g/mol. The van der Waals surface area contributed by atoms with Crippen LogP contribution in [0.25, 0.3) is 10.9 Å². The Morgan fingerprint density at radius 3 is 2.86 bits per heavy atom. The van der Waals surface area contributed by atoms with Crippen molar-refractivity contribution < 1.29 is 14.7 Å². The molecule has 1 aliphatic carbocycles. The predicted molar refractivity (Wildman–Crippen MR) is 79.1 cm³/mol. The maximum absolute atomic E-state index is 11.4. The van der Waals surface area contributed by atoms with Gasteiger partial charge in [0.05, 0.1) is 6.04 Å². The Bertz CT molecular complexity index is 718. The van der Waals surface area contributed by atoms with Crippen molar-refractivity contribution in [3.63, 3.8) is 0 Å². The molecule has 1 heterocycles. The highest BCUT2D eigenvalue weighted by Gasteiger charge is 2.28. The first-order chi connectivity index (χ1) is 10.1. The van der Waals surface area contributed by atoms with Crippen molar-refractivity contribution in [2.45, 2.75) is 38.8 Å². The van der Waals surface area contributed by atoms with E-state index in [-0.39, 0.29) is 18.5 Å². The zero-order valence-corrected chi connectivity index (χ0v) is 11.9. The summed E-state index contributed by atoms with van der Waals surface area (Å²) in [7, 11) is 0. The van der Waals surface area contributed by atoms with Crippen LogP contribution < -0.4 is 5.32 Å². The Morgan fingerprint density at radius 1 is 1.38 bits per heavy atom. The molecular weight excluding hydrogens is 268 g/mol. The molecule has 2 N–H and O–H groups in total. The number of fused-ring (bicyclic) bond motifs is 3. The van der Waals surface area contributed by atoms with E-state index >= 15 is 0 Å². The average molecular weight is 286 g/mol. The molecule has 2 aromatic rings. The van der Waals surface area contributed by atoms with Gasteiger partial charge in [-0.15, -0.1) is 0 Å². The van der Waals surface area contributed by atoms with Gasteiger partial charge in [0, 0.05) is 23.5 Å². The molecule has 110 valence electrons. The van der Waals surface area contributed by atoms with Crippen molar-refractivity contribution in [1.29, 1.82) is 0 Å². The first-order valence-corrected chi connectivity index (χ1v) is 7.17. The third-order valence-electron chi connectivity index (χ3n) is 4.04. The van der Waals surface area contributed by atoms with Crippen molar-refractivity contribution in [3.05, 3.63) is 35.5 Å². The normalized spacial score (nSPS) is 17.5. The largest absolute Gasteiger partial charge is 0.480 e. The number of amides is 1.